The van der Waals surface area contributed by atoms with E-state index in [-0.39, 0.29) is 12.1 Å². The quantitative estimate of drug-likeness (QED) is 0.841. The molecule has 0 saturated carbocycles. The lowest BCUT2D eigenvalue weighted by atomic mass is 10.2. The Morgan fingerprint density at radius 1 is 1.45 bits per heavy atom. The van der Waals surface area contributed by atoms with E-state index in [1.54, 1.807) is 9.58 Å². The van der Waals surface area contributed by atoms with Crippen molar-refractivity contribution >= 4 is 6.09 Å². The predicted octanol–water partition coefficient (Wildman–Crippen LogP) is 2.72. The van der Waals surface area contributed by atoms with Crippen LogP contribution in [0.4, 0.5) is 4.79 Å². The first-order valence-corrected chi connectivity index (χ1v) is 7.92. The normalized spacial score (nSPS) is 13.0. The van der Waals surface area contributed by atoms with Crippen molar-refractivity contribution < 1.29 is 9.53 Å². The lowest BCUT2D eigenvalue weighted by Gasteiger charge is -2.27. The van der Waals surface area contributed by atoms with Crippen LogP contribution in [-0.4, -0.2) is 46.0 Å². The van der Waals surface area contributed by atoms with Crippen LogP contribution in [0.1, 0.15) is 52.6 Å². The maximum absolute atomic E-state index is 12.2. The molecule has 126 valence electrons. The van der Waals surface area contributed by atoms with Gasteiger partial charge in [-0.3, -0.25) is 4.68 Å². The van der Waals surface area contributed by atoms with Gasteiger partial charge in [0, 0.05) is 44.5 Å². The Morgan fingerprint density at radius 3 is 2.64 bits per heavy atom. The summed E-state index contributed by atoms with van der Waals surface area (Å²) in [4.78, 5) is 13.9. The van der Waals surface area contributed by atoms with Crippen LogP contribution in [0.15, 0.2) is 12.4 Å². The summed E-state index contributed by atoms with van der Waals surface area (Å²) < 4.78 is 7.23. The van der Waals surface area contributed by atoms with Gasteiger partial charge in [0.05, 0.1) is 6.20 Å². The standard InChI is InChI=1S/C16H30N4O2/c1-7-9-20(15(21)22-16(3,4)5)10-8-17-13(2)14-11-18-19(6)12-14/h11-13,17H,7-10H2,1-6H3. The third-order valence-corrected chi connectivity index (χ3v) is 3.20. The first-order chi connectivity index (χ1) is 10.2. The fourth-order valence-corrected chi connectivity index (χ4v) is 2.09. The average molecular weight is 310 g/mol. The highest BCUT2D eigenvalue weighted by atomic mass is 16.6. The number of nitrogens with zero attached hydrogens (tertiary/aromatic N) is 3. The second kappa shape index (κ2) is 8.17. The van der Waals surface area contributed by atoms with Crippen molar-refractivity contribution in [1.29, 1.82) is 0 Å². The van der Waals surface area contributed by atoms with Crippen molar-refractivity contribution in [1.82, 2.24) is 20.0 Å². The average Bonchev–Trinajstić information content (AvgIpc) is 2.82. The molecule has 1 aromatic rings. The minimum atomic E-state index is -0.459. The van der Waals surface area contributed by atoms with Crippen LogP contribution in [-0.2, 0) is 11.8 Å². The Hall–Kier alpha value is -1.56. The van der Waals surface area contributed by atoms with Crippen LogP contribution in [0, 0.1) is 0 Å². The molecule has 6 nitrogen and oxygen atoms in total. The molecule has 0 aliphatic heterocycles. The van der Waals surface area contributed by atoms with Crippen LogP contribution in [0.2, 0.25) is 0 Å². The fourth-order valence-electron chi connectivity index (χ4n) is 2.09. The Bertz CT molecular complexity index is 465. The van der Waals surface area contributed by atoms with E-state index in [1.165, 1.54) is 0 Å². The molecule has 0 bridgehead atoms. The number of hydrogen-bond acceptors (Lipinski definition) is 4. The molecule has 0 saturated heterocycles. The number of carbonyl (C=O) groups is 1. The topological polar surface area (TPSA) is 59.4 Å². The van der Waals surface area contributed by atoms with Gasteiger partial charge in [0.1, 0.15) is 5.60 Å². The molecule has 0 aliphatic carbocycles. The molecule has 0 spiro atoms. The molecule has 1 amide bonds. The molecule has 0 aromatic carbocycles. The van der Waals surface area contributed by atoms with Gasteiger partial charge in [0.25, 0.3) is 0 Å². The lowest BCUT2D eigenvalue weighted by molar-refractivity contribution is 0.0251. The van der Waals surface area contributed by atoms with E-state index in [9.17, 15) is 4.79 Å². The minimum Gasteiger partial charge on any atom is -0.444 e. The molecule has 1 unspecified atom stereocenters. The molecule has 1 atom stereocenters. The smallest absolute Gasteiger partial charge is 0.410 e. The third kappa shape index (κ3) is 6.47. The molecule has 1 heterocycles. The Kier molecular flexibility index (Phi) is 6.87. The van der Waals surface area contributed by atoms with Crippen molar-refractivity contribution in [2.24, 2.45) is 7.05 Å². The molecule has 6 heteroatoms. The van der Waals surface area contributed by atoms with Gasteiger partial charge in [-0.1, -0.05) is 6.92 Å². The molecule has 1 rings (SSSR count). The highest BCUT2D eigenvalue weighted by Crippen LogP contribution is 2.11. The van der Waals surface area contributed by atoms with Gasteiger partial charge in [0.2, 0.25) is 0 Å². The number of hydrogen-bond donors (Lipinski definition) is 1. The Morgan fingerprint density at radius 2 is 2.14 bits per heavy atom. The van der Waals surface area contributed by atoms with Gasteiger partial charge in [-0.25, -0.2) is 4.79 Å². The van der Waals surface area contributed by atoms with Crippen LogP contribution in [0.3, 0.4) is 0 Å². The highest BCUT2D eigenvalue weighted by molar-refractivity contribution is 5.68. The van der Waals surface area contributed by atoms with Gasteiger partial charge < -0.3 is 15.0 Å². The van der Waals surface area contributed by atoms with E-state index in [2.05, 4.69) is 24.3 Å². The Balaban J connectivity index is 2.45. The molecule has 0 fully saturated rings. The molecule has 0 radical (unpaired) electrons. The molecular weight excluding hydrogens is 280 g/mol. The second-order valence-corrected chi connectivity index (χ2v) is 6.59. The number of carbonyl (C=O) groups excluding carboxylic acids is 1. The van der Waals surface area contributed by atoms with Crippen LogP contribution >= 0.6 is 0 Å². The number of amides is 1. The molecule has 1 aromatic heterocycles. The second-order valence-electron chi connectivity index (χ2n) is 6.59. The maximum atomic E-state index is 12.2. The molecule has 1 N–H and O–H groups in total. The van der Waals surface area contributed by atoms with Crippen molar-refractivity contribution in [3.63, 3.8) is 0 Å². The van der Waals surface area contributed by atoms with Crippen molar-refractivity contribution in [2.45, 2.75) is 52.7 Å². The number of nitrogens with one attached hydrogen (secondary N) is 1. The van der Waals surface area contributed by atoms with E-state index in [0.717, 1.165) is 18.5 Å². The largest absolute Gasteiger partial charge is 0.444 e. The third-order valence-electron chi connectivity index (χ3n) is 3.20. The summed E-state index contributed by atoms with van der Waals surface area (Å²) in [6.07, 6.45) is 4.52. The van der Waals surface area contributed by atoms with E-state index >= 15 is 0 Å². The number of aryl methyl sites for hydroxylation is 1. The number of aromatic nitrogens is 2. The molecule has 0 aliphatic rings. The van der Waals surface area contributed by atoms with Crippen molar-refractivity contribution in [3.8, 4) is 0 Å². The summed E-state index contributed by atoms with van der Waals surface area (Å²) in [5, 5.41) is 7.59. The monoisotopic (exact) mass is 310 g/mol. The zero-order chi connectivity index (χ0) is 16.8. The van der Waals surface area contributed by atoms with Crippen molar-refractivity contribution in [2.75, 3.05) is 19.6 Å². The van der Waals surface area contributed by atoms with Gasteiger partial charge in [0.15, 0.2) is 0 Å². The van der Waals surface area contributed by atoms with Gasteiger partial charge in [-0.05, 0) is 34.1 Å². The number of rotatable bonds is 7. The lowest BCUT2D eigenvalue weighted by Crippen LogP contribution is -2.41. The van der Waals surface area contributed by atoms with Gasteiger partial charge >= 0.3 is 6.09 Å². The summed E-state index contributed by atoms with van der Waals surface area (Å²) in [6, 6.07) is 0.204. The zero-order valence-electron chi connectivity index (χ0n) is 14.7. The zero-order valence-corrected chi connectivity index (χ0v) is 14.7. The summed E-state index contributed by atoms with van der Waals surface area (Å²) in [5.74, 6) is 0. The summed E-state index contributed by atoms with van der Waals surface area (Å²) in [5.41, 5.74) is 0.682. The van der Waals surface area contributed by atoms with Gasteiger partial charge in [-0.2, -0.15) is 5.10 Å². The first kappa shape index (κ1) is 18.5. The fraction of sp³-hybridized carbons (Fsp3) is 0.750. The number of ether oxygens (including phenoxy) is 1. The van der Waals surface area contributed by atoms with Crippen LogP contribution in [0.25, 0.3) is 0 Å². The maximum Gasteiger partial charge on any atom is 0.410 e. The predicted molar refractivity (Wildman–Crippen MR) is 87.7 cm³/mol. The van der Waals surface area contributed by atoms with E-state index < -0.39 is 5.60 Å². The minimum absolute atomic E-state index is 0.204. The van der Waals surface area contributed by atoms with Gasteiger partial charge in [-0.15, -0.1) is 0 Å². The molecule has 22 heavy (non-hydrogen) atoms. The summed E-state index contributed by atoms with van der Waals surface area (Å²) in [6.45, 7) is 11.9. The Labute approximate surface area is 133 Å². The summed E-state index contributed by atoms with van der Waals surface area (Å²) in [7, 11) is 1.90. The first-order valence-electron chi connectivity index (χ1n) is 7.92. The molecular formula is C16H30N4O2. The van der Waals surface area contributed by atoms with E-state index in [4.69, 9.17) is 4.74 Å². The highest BCUT2D eigenvalue weighted by Gasteiger charge is 2.21. The SMILES string of the molecule is CCCN(CCNC(C)c1cnn(C)c1)C(=O)OC(C)(C)C. The summed E-state index contributed by atoms with van der Waals surface area (Å²) >= 11 is 0. The van der Waals surface area contributed by atoms with E-state index in [0.29, 0.717) is 13.1 Å². The van der Waals surface area contributed by atoms with Crippen LogP contribution < -0.4 is 5.32 Å². The van der Waals surface area contributed by atoms with Crippen molar-refractivity contribution in [3.05, 3.63) is 18.0 Å². The van der Waals surface area contributed by atoms with E-state index in [1.807, 2.05) is 40.2 Å². The van der Waals surface area contributed by atoms with Crippen LogP contribution in [0.5, 0.6) is 0 Å².